The molecule has 3 aliphatic heterocycles. The minimum atomic E-state index is -4.37. The molecule has 0 saturated heterocycles. The summed E-state index contributed by atoms with van der Waals surface area (Å²) in [7, 11) is 1.23. The maximum atomic E-state index is 13.4. The lowest BCUT2D eigenvalue weighted by molar-refractivity contribution is -0.119. The third kappa shape index (κ3) is 4.88. The predicted molar refractivity (Wildman–Crippen MR) is 150 cm³/mol. The number of ether oxygens (including phenoxy) is 2. The number of methoxy groups -OCH3 is 1. The second-order valence-electron chi connectivity index (χ2n) is 10.8. The van der Waals surface area contributed by atoms with E-state index in [0.717, 1.165) is 42.4 Å². The first-order chi connectivity index (χ1) is 20.1. The van der Waals surface area contributed by atoms with Gasteiger partial charge in [0, 0.05) is 46.6 Å². The first-order valence-corrected chi connectivity index (χ1v) is 14.0. The Labute approximate surface area is 240 Å². The Kier molecular flexibility index (Phi) is 6.95. The van der Waals surface area contributed by atoms with Crippen molar-refractivity contribution in [3.8, 4) is 11.5 Å². The third-order valence-corrected chi connectivity index (χ3v) is 8.24. The lowest BCUT2D eigenvalue weighted by Crippen LogP contribution is -2.39. The highest BCUT2D eigenvalue weighted by Crippen LogP contribution is 2.43. The van der Waals surface area contributed by atoms with Crippen LogP contribution >= 0.6 is 0 Å². The van der Waals surface area contributed by atoms with E-state index in [1.165, 1.54) is 24.1 Å². The predicted octanol–water partition coefficient (Wildman–Crippen LogP) is 4.30. The quantitative estimate of drug-likeness (QED) is 0.281. The third-order valence-electron chi connectivity index (χ3n) is 8.24. The number of alkyl halides is 3. The lowest BCUT2D eigenvalue weighted by Gasteiger charge is -2.34. The summed E-state index contributed by atoms with van der Waals surface area (Å²) < 4.78 is 53.8. The molecule has 10 heteroatoms. The van der Waals surface area contributed by atoms with Gasteiger partial charge in [-0.2, -0.15) is 13.2 Å². The first kappa shape index (κ1) is 27.8. The Morgan fingerprint density at radius 1 is 1.02 bits per heavy atom. The van der Waals surface area contributed by atoms with Crippen molar-refractivity contribution < 1.29 is 37.3 Å². The molecule has 6 rings (SSSR count). The fourth-order valence-electron chi connectivity index (χ4n) is 6.39. The van der Waals surface area contributed by atoms with Crippen LogP contribution in [0.2, 0.25) is 0 Å². The van der Waals surface area contributed by atoms with Crippen LogP contribution in [0.4, 0.5) is 18.9 Å². The molecular weight excluding hydrogens is 549 g/mol. The number of carboxylic acids is 1. The number of carbonyl (C=O) groups is 2. The zero-order valence-electron chi connectivity index (χ0n) is 23.3. The first-order valence-electron chi connectivity index (χ1n) is 14.0. The van der Waals surface area contributed by atoms with E-state index in [-0.39, 0.29) is 17.7 Å². The molecule has 7 nitrogen and oxygen atoms in total. The molecule has 0 aromatic heterocycles. The number of carboxylic acid groups (broad SMARTS) is 1. The molecule has 0 aliphatic carbocycles. The van der Waals surface area contributed by atoms with E-state index in [2.05, 4.69) is 11.5 Å². The van der Waals surface area contributed by atoms with Crippen molar-refractivity contribution in [3.05, 3.63) is 86.4 Å². The molecule has 3 aromatic carbocycles. The van der Waals surface area contributed by atoms with Crippen LogP contribution in [0, 0.1) is 0 Å². The van der Waals surface area contributed by atoms with Crippen LogP contribution in [0.1, 0.15) is 62.7 Å². The molecule has 42 heavy (non-hydrogen) atoms. The molecule has 0 spiro atoms. The summed E-state index contributed by atoms with van der Waals surface area (Å²) in [5, 5.41) is 12.0. The van der Waals surface area contributed by atoms with Crippen LogP contribution in [0.25, 0.3) is 5.57 Å². The van der Waals surface area contributed by atoms with Gasteiger partial charge >= 0.3 is 18.1 Å². The van der Waals surface area contributed by atoms with E-state index >= 15 is 0 Å². The Morgan fingerprint density at radius 3 is 2.52 bits per heavy atom. The summed E-state index contributed by atoms with van der Waals surface area (Å²) in [5.41, 5.74) is 3.93. The van der Waals surface area contributed by atoms with Crippen LogP contribution in [0.3, 0.4) is 0 Å². The smallest absolute Gasteiger partial charge is 0.405 e. The summed E-state index contributed by atoms with van der Waals surface area (Å²) in [5.74, 6) is -1.02. The van der Waals surface area contributed by atoms with Gasteiger partial charge in [0.25, 0.3) is 0 Å². The second-order valence-corrected chi connectivity index (χ2v) is 10.8. The standard InChI is InChI=1S/C32H29F3N2O5/c1-3-36-10-4-6-18-12-23-27(15-25(18)36)42-28-16-26-19(7-5-11-37(26)17-32(33,34)35)13-24(28)29(23)21-9-8-20(31(40)41-2)14-22(21)30(38)39/h8-9,12-16H,3-7,10-11,17H2,1-2H3/p+1. The number of aromatic carboxylic acids is 1. The molecule has 0 amide bonds. The van der Waals surface area contributed by atoms with Crippen LogP contribution in [-0.2, 0) is 17.6 Å². The van der Waals surface area contributed by atoms with Crippen LogP contribution in [-0.4, -0.2) is 56.5 Å². The molecule has 0 bridgehead atoms. The average molecular weight is 580 g/mol. The Bertz CT molecular complexity index is 1760. The Hall–Kier alpha value is -4.34. The number of benzene rings is 3. The minimum Gasteiger partial charge on any atom is -0.478 e. The molecule has 218 valence electrons. The molecule has 0 atom stereocenters. The van der Waals surface area contributed by atoms with E-state index < -0.39 is 24.7 Å². The fraction of sp³-hybridized carbons (Fsp3) is 0.344. The van der Waals surface area contributed by atoms with Gasteiger partial charge < -0.3 is 19.5 Å². The van der Waals surface area contributed by atoms with Gasteiger partial charge in [0.15, 0.2) is 0 Å². The number of fused-ring (bicyclic) bond motifs is 4. The molecule has 3 aromatic rings. The molecule has 0 saturated carbocycles. The summed E-state index contributed by atoms with van der Waals surface area (Å²) in [4.78, 5) is 26.1. The van der Waals surface area contributed by atoms with Gasteiger partial charge in [-0.1, -0.05) is 6.07 Å². The van der Waals surface area contributed by atoms with Crippen molar-refractivity contribution in [2.45, 2.75) is 38.8 Å². The Morgan fingerprint density at radius 2 is 1.81 bits per heavy atom. The van der Waals surface area contributed by atoms with Crippen molar-refractivity contribution in [1.29, 1.82) is 0 Å². The van der Waals surface area contributed by atoms with E-state index in [1.54, 1.807) is 12.1 Å². The van der Waals surface area contributed by atoms with E-state index in [4.69, 9.17) is 9.47 Å². The lowest BCUT2D eigenvalue weighted by atomic mass is 9.86. The van der Waals surface area contributed by atoms with E-state index in [0.29, 0.717) is 51.9 Å². The van der Waals surface area contributed by atoms with Gasteiger partial charge in [-0.3, -0.25) is 0 Å². The van der Waals surface area contributed by atoms with Gasteiger partial charge in [0.2, 0.25) is 5.36 Å². The van der Waals surface area contributed by atoms with Gasteiger partial charge in [-0.15, -0.1) is 0 Å². The van der Waals surface area contributed by atoms with Crippen molar-refractivity contribution >= 4 is 23.2 Å². The van der Waals surface area contributed by atoms with E-state index in [9.17, 15) is 27.9 Å². The van der Waals surface area contributed by atoms with Gasteiger partial charge in [0.05, 0.1) is 24.3 Å². The summed E-state index contributed by atoms with van der Waals surface area (Å²) in [6.07, 6.45) is -1.40. The number of rotatable bonds is 5. The largest absolute Gasteiger partial charge is 0.478 e. The van der Waals surface area contributed by atoms with E-state index in [1.807, 2.05) is 18.2 Å². The summed E-state index contributed by atoms with van der Waals surface area (Å²) in [6, 6.07) is 11.9. The number of hydrogen-bond acceptors (Lipinski definition) is 5. The number of aryl methyl sites for hydroxylation is 2. The SMILES string of the molecule is CC[N+]1=c2cc3c(cc2CCC1)=C(c1ccc(C(=O)OC)cc1C(=O)O)c1cc2c(cc1O3)N(CC(F)(F)F)CCC2. The molecule has 3 aliphatic rings. The Balaban J connectivity index is 1.66. The fourth-order valence-corrected chi connectivity index (χ4v) is 6.39. The number of carbonyl (C=O) groups excluding carboxylic acids is 1. The number of nitrogens with zero attached hydrogens (tertiary/aromatic N) is 2. The van der Waals surface area contributed by atoms with Crippen molar-refractivity contribution in [3.63, 3.8) is 0 Å². The molecular formula is C32H30F3N2O5+. The summed E-state index contributed by atoms with van der Waals surface area (Å²) >= 11 is 0. The highest BCUT2D eigenvalue weighted by Gasteiger charge is 2.35. The van der Waals surface area contributed by atoms with Gasteiger partial charge in [0.1, 0.15) is 31.1 Å². The van der Waals surface area contributed by atoms with Crippen molar-refractivity contribution in [1.82, 2.24) is 4.58 Å². The van der Waals surface area contributed by atoms with Crippen molar-refractivity contribution in [2.24, 2.45) is 0 Å². The highest BCUT2D eigenvalue weighted by molar-refractivity contribution is 6.01. The maximum absolute atomic E-state index is 13.4. The van der Waals surface area contributed by atoms with Crippen LogP contribution in [0.5, 0.6) is 11.5 Å². The second kappa shape index (κ2) is 10.5. The van der Waals surface area contributed by atoms with Crippen LogP contribution < -0.4 is 24.8 Å². The number of esters is 1. The summed E-state index contributed by atoms with van der Waals surface area (Å²) in [6.45, 7) is 2.98. The normalized spacial score (nSPS) is 15.7. The molecule has 0 unspecified atom stereocenters. The van der Waals surface area contributed by atoms with Gasteiger partial charge in [-0.25, -0.2) is 14.2 Å². The molecule has 0 fully saturated rings. The monoisotopic (exact) mass is 579 g/mol. The maximum Gasteiger partial charge on any atom is 0.405 e. The van der Waals surface area contributed by atoms with Crippen molar-refractivity contribution in [2.75, 3.05) is 38.2 Å². The topological polar surface area (TPSA) is 79.1 Å². The number of halogens is 3. The molecule has 0 radical (unpaired) electrons. The molecule has 3 heterocycles. The number of anilines is 1. The zero-order valence-corrected chi connectivity index (χ0v) is 23.3. The van der Waals surface area contributed by atoms with Gasteiger partial charge in [-0.05, 0) is 61.6 Å². The highest BCUT2D eigenvalue weighted by atomic mass is 19.4. The average Bonchev–Trinajstić information content (AvgIpc) is 2.96. The van der Waals surface area contributed by atoms with Crippen LogP contribution in [0.15, 0.2) is 42.5 Å². The number of hydrogen-bond donors (Lipinski definition) is 1. The minimum absolute atomic E-state index is 0.0870. The zero-order chi connectivity index (χ0) is 29.8. The molecule has 1 N–H and O–H groups in total.